The molecule has 36 heavy (non-hydrogen) atoms. The highest BCUT2D eigenvalue weighted by atomic mass is 16.5. The molecule has 0 bridgehead atoms. The second-order valence-corrected chi connectivity index (χ2v) is 9.44. The Hall–Kier alpha value is -3.78. The van der Waals surface area contributed by atoms with E-state index in [0.29, 0.717) is 6.54 Å². The van der Waals surface area contributed by atoms with Crippen LogP contribution in [0.3, 0.4) is 0 Å². The maximum Gasteiger partial charge on any atom is 0.208 e. The van der Waals surface area contributed by atoms with Crippen LogP contribution in [0.25, 0.3) is 11.0 Å². The van der Waals surface area contributed by atoms with Crippen molar-refractivity contribution in [1.29, 1.82) is 0 Å². The Kier molecular flexibility index (Phi) is 6.95. The smallest absolute Gasteiger partial charge is 0.208 e. The highest BCUT2D eigenvalue weighted by molar-refractivity contribution is 5.81. The molecule has 1 saturated heterocycles. The van der Waals surface area contributed by atoms with Crippen molar-refractivity contribution >= 4 is 29.1 Å². The van der Waals surface area contributed by atoms with Crippen LogP contribution >= 0.6 is 0 Å². The number of nitrogens with one attached hydrogen (secondary N) is 3. The predicted molar refractivity (Wildman–Crippen MR) is 143 cm³/mol. The summed E-state index contributed by atoms with van der Waals surface area (Å²) in [7, 11) is 2.02. The summed E-state index contributed by atoms with van der Waals surface area (Å²) in [4.78, 5) is 17.8. The molecule has 2 atom stereocenters. The zero-order valence-electron chi connectivity index (χ0n) is 20.9. The Morgan fingerprint density at radius 1 is 1.22 bits per heavy atom. The van der Waals surface area contributed by atoms with E-state index in [2.05, 4.69) is 68.7 Å². The zero-order chi connectivity index (χ0) is 25.0. The lowest BCUT2D eigenvalue weighted by atomic mass is 9.92. The summed E-state index contributed by atoms with van der Waals surface area (Å²) in [5.74, 6) is 1.82. The largest absolute Gasteiger partial charge is 0.464 e. The first-order valence-corrected chi connectivity index (χ1v) is 12.6. The molecule has 0 saturated carbocycles. The van der Waals surface area contributed by atoms with Gasteiger partial charge in [0.2, 0.25) is 18.1 Å². The Morgan fingerprint density at radius 2 is 2.08 bits per heavy atom. The molecule has 8 nitrogen and oxygen atoms in total. The van der Waals surface area contributed by atoms with Gasteiger partial charge >= 0.3 is 0 Å². The van der Waals surface area contributed by atoms with Gasteiger partial charge < -0.3 is 30.2 Å². The van der Waals surface area contributed by atoms with E-state index in [-0.39, 0.29) is 5.92 Å². The molecule has 5 rings (SSSR count). The van der Waals surface area contributed by atoms with Crippen molar-refractivity contribution in [2.45, 2.75) is 25.5 Å². The highest BCUT2D eigenvalue weighted by Crippen LogP contribution is 2.34. The monoisotopic (exact) mass is 486 g/mol. The third-order valence-corrected chi connectivity index (χ3v) is 7.15. The number of benzene rings is 2. The van der Waals surface area contributed by atoms with Crippen LogP contribution in [0.2, 0.25) is 0 Å². The van der Waals surface area contributed by atoms with E-state index in [1.165, 1.54) is 5.56 Å². The predicted octanol–water partition coefficient (Wildman–Crippen LogP) is 3.70. The fourth-order valence-corrected chi connectivity index (χ4v) is 5.05. The lowest BCUT2D eigenvalue weighted by molar-refractivity contribution is -0.109. The fourth-order valence-electron chi connectivity index (χ4n) is 5.05. The molecule has 8 heteroatoms. The van der Waals surface area contributed by atoms with Crippen LogP contribution in [0.4, 0.5) is 11.6 Å². The molecule has 2 aliphatic rings. The van der Waals surface area contributed by atoms with E-state index < -0.39 is 5.72 Å². The number of carbonyl (C=O) groups excluding carboxylic acids is 1. The number of ether oxygens (including phenoxy) is 1. The van der Waals surface area contributed by atoms with Crippen LogP contribution in [-0.2, 0) is 18.3 Å². The number of likely N-dealkylation sites (tertiary alicyclic amines) is 1. The summed E-state index contributed by atoms with van der Waals surface area (Å²) in [6.45, 7) is 5.51. The third kappa shape index (κ3) is 4.95. The van der Waals surface area contributed by atoms with Crippen molar-refractivity contribution in [3.63, 3.8) is 0 Å². The number of allylic oxidation sites excluding steroid dienone is 2. The van der Waals surface area contributed by atoms with Crippen LogP contribution in [-0.4, -0.2) is 52.8 Å². The molecule has 1 aromatic heterocycles. The average Bonchev–Trinajstić information content (AvgIpc) is 3.50. The molecule has 1 amide bonds. The molecule has 3 N–H and O–H groups in total. The van der Waals surface area contributed by atoms with Gasteiger partial charge in [-0.15, -0.1) is 0 Å². The van der Waals surface area contributed by atoms with Crippen LogP contribution in [0.15, 0.2) is 66.9 Å². The number of hydrogen-bond acceptors (Lipinski definition) is 6. The molecule has 1 fully saturated rings. The molecular weight excluding hydrogens is 452 g/mol. The van der Waals surface area contributed by atoms with E-state index in [1.54, 1.807) is 0 Å². The maximum atomic E-state index is 10.6. The molecule has 0 radical (unpaired) electrons. The molecule has 3 heterocycles. The van der Waals surface area contributed by atoms with Gasteiger partial charge in [0.15, 0.2) is 0 Å². The summed E-state index contributed by atoms with van der Waals surface area (Å²) in [6, 6.07) is 14.5. The number of dihydropyridines is 1. The zero-order valence-corrected chi connectivity index (χ0v) is 20.9. The SMILES string of the molecule is CCc1ccc(Nc2nc3cc(OC4(C5CCN(CCNC=O)C5)C=CC=CN4)ccc3n2C)cc1. The van der Waals surface area contributed by atoms with Crippen molar-refractivity contribution in [3.05, 3.63) is 72.5 Å². The quantitative estimate of drug-likeness (QED) is 0.299. The van der Waals surface area contributed by atoms with Gasteiger partial charge in [-0.2, -0.15) is 0 Å². The first-order chi connectivity index (χ1) is 17.6. The normalized spacial score (nSPS) is 21.4. The Balaban J connectivity index is 1.34. The van der Waals surface area contributed by atoms with Crippen molar-refractivity contribution in [2.24, 2.45) is 13.0 Å². The summed E-state index contributed by atoms with van der Waals surface area (Å²) < 4.78 is 8.75. The molecular formula is C28H34N6O2. The maximum absolute atomic E-state index is 10.6. The average molecular weight is 487 g/mol. The lowest BCUT2D eigenvalue weighted by Gasteiger charge is -2.38. The second kappa shape index (κ2) is 10.5. The number of nitrogens with zero attached hydrogens (tertiary/aromatic N) is 3. The van der Waals surface area contributed by atoms with E-state index in [9.17, 15) is 4.79 Å². The summed E-state index contributed by atoms with van der Waals surface area (Å²) in [5, 5.41) is 9.68. The lowest BCUT2D eigenvalue weighted by Crippen LogP contribution is -2.54. The second-order valence-electron chi connectivity index (χ2n) is 9.44. The standard InChI is InChI=1S/C28H34N6O2/c1-3-21-6-8-23(9-7-21)31-27-32-25-18-24(10-11-26(25)33(27)2)36-28(13-4-5-14-30-28)22-12-16-34(19-22)17-15-29-20-35/h4-11,13-14,18,20,22,30H,3,12,15-17,19H2,1-2H3,(H,29,35)(H,31,32). The van der Waals surface area contributed by atoms with E-state index in [4.69, 9.17) is 9.72 Å². The molecule has 188 valence electrons. The minimum atomic E-state index is -0.633. The van der Waals surface area contributed by atoms with Crippen molar-refractivity contribution in [2.75, 3.05) is 31.5 Å². The minimum Gasteiger partial charge on any atom is -0.464 e. The molecule has 0 spiro atoms. The van der Waals surface area contributed by atoms with E-state index in [0.717, 1.165) is 67.3 Å². The van der Waals surface area contributed by atoms with Gasteiger partial charge in [0, 0.05) is 50.6 Å². The van der Waals surface area contributed by atoms with Crippen LogP contribution in [0.5, 0.6) is 5.75 Å². The third-order valence-electron chi connectivity index (χ3n) is 7.15. The number of hydrogen-bond donors (Lipinski definition) is 3. The highest BCUT2D eigenvalue weighted by Gasteiger charge is 2.42. The van der Waals surface area contributed by atoms with Gasteiger partial charge in [0.05, 0.1) is 11.0 Å². The first kappa shape index (κ1) is 23.9. The van der Waals surface area contributed by atoms with Crippen LogP contribution in [0, 0.1) is 5.92 Å². The Morgan fingerprint density at radius 3 is 2.83 bits per heavy atom. The van der Waals surface area contributed by atoms with Gasteiger partial charge in [0.1, 0.15) is 5.75 Å². The molecule has 2 aromatic carbocycles. The van der Waals surface area contributed by atoms with Crippen molar-refractivity contribution in [3.8, 4) is 5.75 Å². The van der Waals surface area contributed by atoms with Gasteiger partial charge in [-0.05, 0) is 61.4 Å². The molecule has 3 aromatic rings. The Labute approximate surface area is 212 Å². The number of anilines is 2. The molecule has 2 aliphatic heterocycles. The summed E-state index contributed by atoms with van der Waals surface area (Å²) in [5.41, 5.74) is 3.60. The number of aromatic nitrogens is 2. The number of aryl methyl sites for hydroxylation is 2. The van der Waals surface area contributed by atoms with E-state index >= 15 is 0 Å². The number of carbonyl (C=O) groups is 1. The summed E-state index contributed by atoms with van der Waals surface area (Å²) >= 11 is 0. The van der Waals surface area contributed by atoms with Crippen LogP contribution in [0.1, 0.15) is 18.9 Å². The minimum absolute atomic E-state index is 0.262. The van der Waals surface area contributed by atoms with Crippen LogP contribution < -0.4 is 20.7 Å². The number of rotatable bonds is 10. The Bertz CT molecular complexity index is 1270. The van der Waals surface area contributed by atoms with Gasteiger partial charge in [-0.25, -0.2) is 4.98 Å². The number of amides is 1. The summed E-state index contributed by atoms with van der Waals surface area (Å²) in [6.07, 6.45) is 10.9. The van der Waals surface area contributed by atoms with Gasteiger partial charge in [-0.3, -0.25) is 4.79 Å². The number of imidazole rings is 1. The molecule has 2 unspecified atom stereocenters. The number of fused-ring (bicyclic) bond motifs is 1. The fraction of sp³-hybridized carbons (Fsp3) is 0.357. The van der Waals surface area contributed by atoms with Gasteiger partial charge in [0.25, 0.3) is 0 Å². The van der Waals surface area contributed by atoms with Gasteiger partial charge in [-0.1, -0.05) is 25.1 Å². The van der Waals surface area contributed by atoms with Crippen molar-refractivity contribution in [1.82, 2.24) is 25.1 Å². The van der Waals surface area contributed by atoms with Crippen molar-refractivity contribution < 1.29 is 9.53 Å². The van der Waals surface area contributed by atoms with E-state index in [1.807, 2.05) is 37.5 Å². The first-order valence-electron chi connectivity index (χ1n) is 12.6. The topological polar surface area (TPSA) is 83.5 Å². The molecule has 0 aliphatic carbocycles.